The molecule has 0 saturated heterocycles. The van der Waals surface area contributed by atoms with Crippen LogP contribution in [0.1, 0.15) is 20.7 Å². The van der Waals surface area contributed by atoms with E-state index >= 15 is 0 Å². The summed E-state index contributed by atoms with van der Waals surface area (Å²) in [7, 11) is 0. The van der Waals surface area contributed by atoms with E-state index < -0.39 is 11.8 Å². The number of hydrogen-bond acceptors (Lipinski definition) is 3. The minimum atomic E-state index is -0.454. The quantitative estimate of drug-likeness (QED) is 0.564. The van der Waals surface area contributed by atoms with E-state index in [4.69, 9.17) is 5.73 Å². The highest BCUT2D eigenvalue weighted by Crippen LogP contribution is 2.34. The van der Waals surface area contributed by atoms with E-state index in [1.165, 1.54) is 0 Å². The van der Waals surface area contributed by atoms with Crippen molar-refractivity contribution in [2.45, 2.75) is 0 Å². The Kier molecular flexibility index (Phi) is 2.11. The molecule has 0 aliphatic carbocycles. The second-order valence-corrected chi connectivity index (χ2v) is 4.50. The molecule has 2 amide bonds. The van der Waals surface area contributed by atoms with Crippen LogP contribution in [0.25, 0.3) is 0 Å². The van der Waals surface area contributed by atoms with Crippen LogP contribution in [0.5, 0.6) is 0 Å². The number of anilines is 1. The highest BCUT2D eigenvalue weighted by molar-refractivity contribution is 9.11. The molecule has 0 bridgehead atoms. The topological polar surface area (TPSA) is 72.2 Å². The predicted molar refractivity (Wildman–Crippen MR) is 58.1 cm³/mol. The lowest BCUT2D eigenvalue weighted by molar-refractivity contribution is 0.0880. The molecule has 1 aromatic rings. The zero-order valence-electron chi connectivity index (χ0n) is 6.73. The largest absolute Gasteiger partial charge is 0.397 e. The van der Waals surface area contributed by atoms with E-state index in [0.717, 1.165) is 0 Å². The summed E-state index contributed by atoms with van der Waals surface area (Å²) < 4.78 is 1.14. The molecule has 0 saturated carbocycles. The van der Waals surface area contributed by atoms with Crippen LogP contribution < -0.4 is 11.1 Å². The maximum absolute atomic E-state index is 11.3. The number of carbonyl (C=O) groups is 2. The Hall–Kier alpha value is -0.880. The molecule has 6 heteroatoms. The van der Waals surface area contributed by atoms with E-state index in [1.807, 2.05) is 0 Å². The lowest BCUT2D eigenvalue weighted by atomic mass is 10.1. The van der Waals surface area contributed by atoms with Gasteiger partial charge in [-0.2, -0.15) is 0 Å². The van der Waals surface area contributed by atoms with Crippen molar-refractivity contribution in [2.24, 2.45) is 0 Å². The van der Waals surface area contributed by atoms with Gasteiger partial charge in [-0.25, -0.2) is 0 Å². The van der Waals surface area contributed by atoms with Gasteiger partial charge in [0.2, 0.25) is 0 Å². The van der Waals surface area contributed by atoms with Gasteiger partial charge in [-0.1, -0.05) is 0 Å². The average Bonchev–Trinajstić information content (AvgIpc) is 2.38. The Morgan fingerprint density at radius 1 is 1.07 bits per heavy atom. The second kappa shape index (κ2) is 3.06. The lowest BCUT2D eigenvalue weighted by Crippen LogP contribution is -2.20. The molecule has 2 rings (SSSR count). The number of benzene rings is 1. The molecule has 0 radical (unpaired) electrons. The molecule has 1 aliphatic rings. The summed E-state index contributed by atoms with van der Waals surface area (Å²) in [5.74, 6) is -0.874. The minimum absolute atomic E-state index is 0.233. The van der Waals surface area contributed by atoms with Crippen LogP contribution in [0.4, 0.5) is 5.69 Å². The first-order chi connectivity index (χ1) is 6.52. The zero-order chi connectivity index (χ0) is 10.5. The lowest BCUT2D eigenvalue weighted by Gasteiger charge is -2.04. The average molecular weight is 320 g/mol. The van der Waals surface area contributed by atoms with Gasteiger partial charge in [-0.05, 0) is 37.9 Å². The third-order valence-corrected chi connectivity index (χ3v) is 3.23. The van der Waals surface area contributed by atoms with Crippen LogP contribution in [-0.2, 0) is 0 Å². The number of amides is 2. The Morgan fingerprint density at radius 3 is 2.29 bits per heavy atom. The minimum Gasteiger partial charge on any atom is -0.397 e. The van der Waals surface area contributed by atoms with E-state index in [1.54, 1.807) is 6.07 Å². The molecule has 14 heavy (non-hydrogen) atoms. The van der Waals surface area contributed by atoms with Crippen LogP contribution in [0.2, 0.25) is 0 Å². The smallest absolute Gasteiger partial charge is 0.261 e. The van der Waals surface area contributed by atoms with Crippen molar-refractivity contribution in [1.29, 1.82) is 0 Å². The Labute approximate surface area is 96.1 Å². The summed E-state index contributed by atoms with van der Waals surface area (Å²) in [5, 5.41) is 2.18. The molecule has 1 heterocycles. The van der Waals surface area contributed by atoms with Crippen LogP contribution in [-0.4, -0.2) is 11.8 Å². The predicted octanol–water partition coefficient (Wildman–Crippen LogP) is 1.68. The van der Waals surface area contributed by atoms with Crippen molar-refractivity contribution in [3.8, 4) is 0 Å². The summed E-state index contributed by atoms with van der Waals surface area (Å²) >= 11 is 6.40. The summed E-state index contributed by atoms with van der Waals surface area (Å²) in [6.45, 7) is 0. The normalized spacial score (nSPS) is 14.1. The molecule has 0 atom stereocenters. The number of nitrogens with two attached hydrogens (primary N) is 1. The molecule has 4 nitrogen and oxygen atoms in total. The summed E-state index contributed by atoms with van der Waals surface area (Å²) in [4.78, 5) is 22.7. The van der Waals surface area contributed by atoms with Gasteiger partial charge < -0.3 is 5.73 Å². The molecule has 1 aliphatic heterocycles. The van der Waals surface area contributed by atoms with E-state index in [2.05, 4.69) is 37.2 Å². The standard InChI is InChI=1S/C8H4Br2N2O2/c9-2-1-3(10)6(11)5-4(2)7(13)12-8(5)14/h1H,11H2,(H,12,13,14). The Balaban J connectivity index is 2.86. The van der Waals surface area contributed by atoms with Crippen molar-refractivity contribution >= 4 is 49.4 Å². The molecule has 0 unspecified atom stereocenters. The molecule has 0 spiro atoms. The SMILES string of the molecule is Nc1c(Br)cc(Br)c2c1C(=O)NC2=O. The van der Waals surface area contributed by atoms with Crippen LogP contribution >= 0.6 is 31.9 Å². The third-order valence-electron chi connectivity index (χ3n) is 1.95. The summed E-state index contributed by atoms with van der Waals surface area (Å²) in [5.41, 5.74) is 6.49. The molecular weight excluding hydrogens is 316 g/mol. The summed E-state index contributed by atoms with van der Waals surface area (Å²) in [6, 6.07) is 1.65. The van der Waals surface area contributed by atoms with Gasteiger partial charge in [-0.3, -0.25) is 14.9 Å². The molecule has 3 N–H and O–H groups in total. The van der Waals surface area contributed by atoms with Crippen molar-refractivity contribution in [1.82, 2.24) is 5.32 Å². The van der Waals surface area contributed by atoms with Gasteiger partial charge in [0.15, 0.2) is 0 Å². The second-order valence-electron chi connectivity index (χ2n) is 2.79. The fraction of sp³-hybridized carbons (Fsp3) is 0. The van der Waals surface area contributed by atoms with Gasteiger partial charge in [0, 0.05) is 8.95 Å². The number of nitrogen functional groups attached to an aromatic ring is 1. The van der Waals surface area contributed by atoms with Gasteiger partial charge in [0.25, 0.3) is 11.8 Å². The van der Waals surface area contributed by atoms with E-state index in [9.17, 15) is 9.59 Å². The molecule has 0 fully saturated rings. The number of halogens is 2. The maximum atomic E-state index is 11.3. The van der Waals surface area contributed by atoms with Crippen LogP contribution in [0, 0.1) is 0 Å². The number of carbonyl (C=O) groups excluding carboxylic acids is 2. The fourth-order valence-corrected chi connectivity index (χ4v) is 2.66. The van der Waals surface area contributed by atoms with Crippen molar-refractivity contribution in [3.63, 3.8) is 0 Å². The third kappa shape index (κ3) is 1.18. The summed E-state index contributed by atoms with van der Waals surface area (Å²) in [6.07, 6.45) is 0. The molecule has 72 valence electrons. The van der Waals surface area contributed by atoms with Crippen molar-refractivity contribution in [2.75, 3.05) is 5.73 Å². The Bertz CT molecular complexity index is 471. The van der Waals surface area contributed by atoms with Crippen molar-refractivity contribution < 1.29 is 9.59 Å². The molecule has 0 aromatic heterocycles. The highest BCUT2D eigenvalue weighted by Gasteiger charge is 2.32. The van der Waals surface area contributed by atoms with Crippen LogP contribution in [0.15, 0.2) is 15.0 Å². The first kappa shape index (κ1) is 9.67. The van der Waals surface area contributed by atoms with Crippen LogP contribution in [0.3, 0.4) is 0 Å². The first-order valence-electron chi connectivity index (χ1n) is 3.65. The number of rotatable bonds is 0. The molecule has 1 aromatic carbocycles. The monoisotopic (exact) mass is 318 g/mol. The van der Waals surface area contributed by atoms with E-state index in [0.29, 0.717) is 14.5 Å². The van der Waals surface area contributed by atoms with Gasteiger partial charge >= 0.3 is 0 Å². The zero-order valence-corrected chi connectivity index (χ0v) is 9.90. The van der Waals surface area contributed by atoms with E-state index in [-0.39, 0.29) is 11.3 Å². The number of imide groups is 1. The number of hydrogen-bond donors (Lipinski definition) is 2. The highest BCUT2D eigenvalue weighted by atomic mass is 79.9. The number of fused-ring (bicyclic) bond motifs is 1. The molecular formula is C8H4Br2N2O2. The van der Waals surface area contributed by atoms with Gasteiger partial charge in [0.1, 0.15) is 0 Å². The van der Waals surface area contributed by atoms with Crippen molar-refractivity contribution in [3.05, 3.63) is 26.1 Å². The fourth-order valence-electron chi connectivity index (χ4n) is 1.32. The maximum Gasteiger partial charge on any atom is 0.261 e. The first-order valence-corrected chi connectivity index (χ1v) is 5.24. The number of nitrogens with one attached hydrogen (secondary N) is 1. The Morgan fingerprint density at radius 2 is 1.64 bits per heavy atom. The van der Waals surface area contributed by atoms with Gasteiger partial charge in [0.05, 0.1) is 16.8 Å². The van der Waals surface area contributed by atoms with Gasteiger partial charge in [-0.15, -0.1) is 0 Å².